The highest BCUT2D eigenvalue weighted by molar-refractivity contribution is 8.00. The first-order chi connectivity index (χ1) is 10.3. The molecule has 120 valence electrons. The minimum absolute atomic E-state index is 0.0708. The number of aldehydes is 1. The van der Waals surface area contributed by atoms with E-state index in [4.69, 9.17) is 0 Å². The minimum atomic E-state index is -0.407. The SMILES string of the molecule is CB(O)N1CCN(c2cccc(SC(C)(C)C)c2C=O)CC1. The summed E-state index contributed by atoms with van der Waals surface area (Å²) < 4.78 is 0.0708. The monoisotopic (exact) mass is 320 g/mol. The molecule has 0 atom stereocenters. The van der Waals surface area contributed by atoms with Crippen molar-refractivity contribution in [2.75, 3.05) is 31.1 Å². The summed E-state index contributed by atoms with van der Waals surface area (Å²) in [6.45, 7) is 11.5. The third kappa shape index (κ3) is 4.27. The Morgan fingerprint density at radius 3 is 2.36 bits per heavy atom. The largest absolute Gasteiger partial charge is 0.437 e. The quantitative estimate of drug-likeness (QED) is 0.525. The van der Waals surface area contributed by atoms with Crippen molar-refractivity contribution in [3.63, 3.8) is 0 Å². The summed E-state index contributed by atoms with van der Waals surface area (Å²) >= 11 is 1.73. The van der Waals surface area contributed by atoms with Crippen LogP contribution >= 0.6 is 11.8 Å². The fourth-order valence-electron chi connectivity index (χ4n) is 2.68. The van der Waals surface area contributed by atoms with Gasteiger partial charge >= 0.3 is 7.05 Å². The van der Waals surface area contributed by atoms with E-state index in [1.54, 1.807) is 18.6 Å². The molecule has 4 nitrogen and oxygen atoms in total. The molecule has 1 aliphatic heterocycles. The average Bonchev–Trinajstić information content (AvgIpc) is 2.45. The van der Waals surface area contributed by atoms with Gasteiger partial charge in [-0.05, 0) is 19.0 Å². The van der Waals surface area contributed by atoms with Gasteiger partial charge in [0.1, 0.15) is 0 Å². The molecule has 22 heavy (non-hydrogen) atoms. The Labute approximate surface area is 138 Å². The lowest BCUT2D eigenvalue weighted by Crippen LogP contribution is -2.51. The molecule has 0 amide bonds. The molecule has 0 aliphatic carbocycles. The van der Waals surface area contributed by atoms with Gasteiger partial charge in [0.2, 0.25) is 0 Å². The van der Waals surface area contributed by atoms with Crippen molar-refractivity contribution in [3.05, 3.63) is 23.8 Å². The zero-order valence-electron chi connectivity index (χ0n) is 13.9. The maximum Gasteiger partial charge on any atom is 0.376 e. The summed E-state index contributed by atoms with van der Waals surface area (Å²) in [5.74, 6) is 0. The fourth-order valence-corrected chi connectivity index (χ4v) is 3.75. The van der Waals surface area contributed by atoms with Gasteiger partial charge in [-0.1, -0.05) is 26.8 Å². The van der Waals surface area contributed by atoms with Gasteiger partial charge in [0.15, 0.2) is 6.29 Å². The number of carbonyl (C=O) groups is 1. The van der Waals surface area contributed by atoms with Crippen molar-refractivity contribution in [2.24, 2.45) is 0 Å². The van der Waals surface area contributed by atoms with Gasteiger partial charge in [-0.2, -0.15) is 0 Å². The second kappa shape index (κ2) is 7.07. The molecular formula is C16H25BN2O2S. The van der Waals surface area contributed by atoms with Crippen LogP contribution in [0, 0.1) is 0 Å². The van der Waals surface area contributed by atoms with Crippen molar-refractivity contribution in [2.45, 2.75) is 37.2 Å². The molecule has 0 aromatic heterocycles. The van der Waals surface area contributed by atoms with Crippen molar-refractivity contribution in [1.29, 1.82) is 0 Å². The molecule has 0 saturated carbocycles. The number of rotatable bonds is 4. The third-order valence-electron chi connectivity index (χ3n) is 3.76. The number of benzene rings is 1. The van der Waals surface area contributed by atoms with Gasteiger partial charge in [0.05, 0.1) is 5.56 Å². The van der Waals surface area contributed by atoms with E-state index < -0.39 is 7.05 Å². The summed E-state index contributed by atoms with van der Waals surface area (Å²) in [6.07, 6.45) is 0.977. The van der Waals surface area contributed by atoms with Crippen LogP contribution < -0.4 is 4.90 Å². The third-order valence-corrected chi connectivity index (χ3v) is 4.95. The maximum atomic E-state index is 11.7. The molecule has 0 radical (unpaired) electrons. The zero-order valence-corrected chi connectivity index (χ0v) is 14.7. The van der Waals surface area contributed by atoms with Crippen LogP contribution in [0.2, 0.25) is 6.82 Å². The van der Waals surface area contributed by atoms with E-state index in [-0.39, 0.29) is 4.75 Å². The van der Waals surface area contributed by atoms with Crippen LogP contribution in [0.5, 0.6) is 0 Å². The van der Waals surface area contributed by atoms with E-state index in [1.807, 2.05) is 23.0 Å². The summed E-state index contributed by atoms with van der Waals surface area (Å²) in [4.78, 5) is 17.0. The maximum absolute atomic E-state index is 11.7. The van der Waals surface area contributed by atoms with Gasteiger partial charge in [-0.15, -0.1) is 11.8 Å². The second-order valence-electron chi connectivity index (χ2n) is 6.68. The number of anilines is 1. The van der Waals surface area contributed by atoms with Crippen LogP contribution in [0.3, 0.4) is 0 Å². The topological polar surface area (TPSA) is 43.8 Å². The van der Waals surface area contributed by atoms with Crippen LogP contribution in [-0.4, -0.2) is 54.1 Å². The van der Waals surface area contributed by atoms with Gasteiger partial charge in [0, 0.05) is 41.5 Å². The van der Waals surface area contributed by atoms with E-state index in [9.17, 15) is 9.82 Å². The van der Waals surface area contributed by atoms with Gasteiger partial charge in [-0.25, -0.2) is 0 Å². The Morgan fingerprint density at radius 1 is 1.23 bits per heavy atom. The Morgan fingerprint density at radius 2 is 1.86 bits per heavy atom. The molecule has 6 heteroatoms. The Balaban J connectivity index is 2.21. The zero-order chi connectivity index (χ0) is 16.3. The molecule has 1 aliphatic rings. The fraction of sp³-hybridized carbons (Fsp3) is 0.562. The van der Waals surface area contributed by atoms with Crippen molar-refractivity contribution in [1.82, 2.24) is 4.81 Å². The molecule has 0 unspecified atom stereocenters. The molecule has 1 fully saturated rings. The second-order valence-corrected chi connectivity index (χ2v) is 8.54. The van der Waals surface area contributed by atoms with Gasteiger partial charge in [-0.3, -0.25) is 4.79 Å². The molecule has 0 bridgehead atoms. The predicted octanol–water partition coefficient (Wildman–Crippen LogP) is 2.62. The molecule has 1 heterocycles. The Hall–Kier alpha value is -0.975. The number of carbonyl (C=O) groups excluding carboxylic acids is 1. The number of piperazine rings is 1. The normalized spacial score (nSPS) is 16.7. The lowest BCUT2D eigenvalue weighted by molar-refractivity contribution is 0.112. The molecule has 0 spiro atoms. The summed E-state index contributed by atoms with van der Waals surface area (Å²) in [5.41, 5.74) is 1.79. The van der Waals surface area contributed by atoms with Gasteiger partial charge in [0.25, 0.3) is 0 Å². The number of nitrogens with zero attached hydrogens (tertiary/aromatic N) is 2. The van der Waals surface area contributed by atoms with Crippen LogP contribution in [-0.2, 0) is 0 Å². The number of thioether (sulfide) groups is 1. The van der Waals surface area contributed by atoms with E-state index in [0.717, 1.165) is 48.6 Å². The predicted molar refractivity (Wildman–Crippen MR) is 95.1 cm³/mol. The van der Waals surface area contributed by atoms with E-state index in [1.165, 1.54) is 0 Å². The van der Waals surface area contributed by atoms with Crippen LogP contribution in [0.1, 0.15) is 31.1 Å². The van der Waals surface area contributed by atoms with Gasteiger partial charge < -0.3 is 14.7 Å². The standard InChI is InChI=1S/C16H25BN2O2S/c1-16(2,3)22-15-7-5-6-14(13(15)12-20)18-8-10-19(11-9-18)17(4)21/h5-7,12,21H,8-11H2,1-4H3. The Kier molecular flexibility index (Phi) is 5.58. The highest BCUT2D eigenvalue weighted by Gasteiger charge is 2.25. The first-order valence-corrected chi connectivity index (χ1v) is 8.58. The summed E-state index contributed by atoms with van der Waals surface area (Å²) in [6, 6.07) is 6.07. The van der Waals surface area contributed by atoms with Crippen LogP contribution in [0.15, 0.2) is 23.1 Å². The highest BCUT2D eigenvalue weighted by Crippen LogP contribution is 2.37. The smallest absolute Gasteiger partial charge is 0.376 e. The average molecular weight is 320 g/mol. The van der Waals surface area contributed by atoms with E-state index in [2.05, 4.69) is 25.7 Å². The highest BCUT2D eigenvalue weighted by atomic mass is 32.2. The molecular weight excluding hydrogens is 295 g/mol. The lowest BCUT2D eigenvalue weighted by atomic mass is 9.84. The van der Waals surface area contributed by atoms with Crippen molar-refractivity contribution >= 4 is 30.8 Å². The van der Waals surface area contributed by atoms with E-state index >= 15 is 0 Å². The summed E-state index contributed by atoms with van der Waals surface area (Å²) in [5, 5.41) is 9.65. The molecule has 1 saturated heterocycles. The molecule has 2 rings (SSSR count). The van der Waals surface area contributed by atoms with Crippen LogP contribution in [0.25, 0.3) is 0 Å². The number of hydrogen-bond donors (Lipinski definition) is 1. The minimum Gasteiger partial charge on any atom is -0.437 e. The number of hydrogen-bond acceptors (Lipinski definition) is 5. The summed E-state index contributed by atoms with van der Waals surface area (Å²) in [7, 11) is -0.407. The van der Waals surface area contributed by atoms with Crippen molar-refractivity contribution in [3.8, 4) is 0 Å². The lowest BCUT2D eigenvalue weighted by Gasteiger charge is -2.37. The van der Waals surface area contributed by atoms with Crippen LogP contribution in [0.4, 0.5) is 5.69 Å². The Bertz CT molecular complexity index is 523. The van der Waals surface area contributed by atoms with E-state index in [0.29, 0.717) is 0 Å². The molecule has 1 aromatic carbocycles. The van der Waals surface area contributed by atoms with Crippen molar-refractivity contribution < 1.29 is 9.82 Å². The first-order valence-electron chi connectivity index (χ1n) is 7.76. The molecule has 1 N–H and O–H groups in total. The first kappa shape index (κ1) is 17.4. The molecule has 1 aromatic rings.